The lowest BCUT2D eigenvalue weighted by molar-refractivity contribution is -0.142. The largest absolute Gasteiger partial charge is 0.480 e. The second-order valence-electron chi connectivity index (χ2n) is 3.92. The van der Waals surface area contributed by atoms with Gasteiger partial charge in [-0.2, -0.15) is 0 Å². The number of carboxylic acids is 1. The van der Waals surface area contributed by atoms with Crippen molar-refractivity contribution in [1.29, 1.82) is 0 Å². The number of carbonyl (C=O) groups is 1. The quantitative estimate of drug-likeness (QED) is 0.539. The van der Waals surface area contributed by atoms with Crippen LogP contribution in [0.2, 0.25) is 0 Å². The van der Waals surface area contributed by atoms with E-state index in [1.807, 2.05) is 0 Å². The molecule has 0 aliphatic carbocycles. The van der Waals surface area contributed by atoms with E-state index in [4.69, 9.17) is 9.84 Å². The molecule has 0 aliphatic heterocycles. The number of aliphatic carboxylic acids is 1. The average Bonchev–Trinajstić information content (AvgIpc) is 2.20. The molecular formula is C12H24O3. The smallest absolute Gasteiger partial charge is 0.329 e. The first-order valence-corrected chi connectivity index (χ1v) is 6.07. The molecule has 0 unspecified atom stereocenters. The highest BCUT2D eigenvalue weighted by atomic mass is 16.5. The van der Waals surface area contributed by atoms with Gasteiger partial charge in [-0.25, -0.2) is 4.79 Å². The summed E-state index contributed by atoms with van der Waals surface area (Å²) in [4.78, 5) is 10.1. The summed E-state index contributed by atoms with van der Waals surface area (Å²) >= 11 is 0. The maximum atomic E-state index is 10.1. The van der Waals surface area contributed by atoms with Crippen molar-refractivity contribution >= 4 is 5.97 Å². The molecule has 3 heteroatoms. The molecule has 0 spiro atoms. The van der Waals surface area contributed by atoms with E-state index in [1.54, 1.807) is 0 Å². The van der Waals surface area contributed by atoms with Gasteiger partial charge in [-0.15, -0.1) is 0 Å². The van der Waals surface area contributed by atoms with Crippen LogP contribution < -0.4 is 0 Å². The predicted octanol–water partition coefficient (Wildman–Crippen LogP) is 3.23. The summed E-state index contributed by atoms with van der Waals surface area (Å²) in [5.74, 6) is -0.880. The van der Waals surface area contributed by atoms with Gasteiger partial charge in [0.25, 0.3) is 0 Å². The zero-order valence-electron chi connectivity index (χ0n) is 9.83. The highest BCUT2D eigenvalue weighted by molar-refractivity contribution is 5.67. The van der Waals surface area contributed by atoms with Crippen LogP contribution in [0.1, 0.15) is 58.3 Å². The minimum atomic E-state index is -0.880. The third-order valence-corrected chi connectivity index (χ3v) is 2.37. The number of ether oxygens (including phenoxy) is 1. The minimum Gasteiger partial charge on any atom is -0.480 e. The molecule has 90 valence electrons. The highest BCUT2D eigenvalue weighted by Gasteiger charge is 1.95. The molecule has 1 N–H and O–H groups in total. The Bertz CT molecular complexity index is 146. The van der Waals surface area contributed by atoms with E-state index in [-0.39, 0.29) is 6.61 Å². The molecule has 15 heavy (non-hydrogen) atoms. The first-order chi connectivity index (χ1) is 7.27. The van der Waals surface area contributed by atoms with Crippen LogP contribution in [0.4, 0.5) is 0 Å². The highest BCUT2D eigenvalue weighted by Crippen LogP contribution is 2.08. The van der Waals surface area contributed by atoms with Gasteiger partial charge in [0.2, 0.25) is 0 Å². The van der Waals surface area contributed by atoms with Crippen molar-refractivity contribution < 1.29 is 14.6 Å². The van der Waals surface area contributed by atoms with E-state index < -0.39 is 5.97 Å². The summed E-state index contributed by atoms with van der Waals surface area (Å²) in [6, 6.07) is 0. The lowest BCUT2D eigenvalue weighted by atomic mass is 10.1. The molecule has 0 aromatic carbocycles. The number of rotatable bonds is 11. The van der Waals surface area contributed by atoms with Crippen molar-refractivity contribution in [3.05, 3.63) is 0 Å². The van der Waals surface area contributed by atoms with Crippen LogP contribution in [0.15, 0.2) is 0 Å². The lowest BCUT2D eigenvalue weighted by Gasteiger charge is -2.02. The zero-order valence-corrected chi connectivity index (χ0v) is 9.83. The Balaban J connectivity index is 2.89. The van der Waals surface area contributed by atoms with E-state index in [0.717, 1.165) is 12.8 Å². The summed E-state index contributed by atoms with van der Waals surface area (Å²) in [6.07, 6.45) is 10.0. The Labute approximate surface area is 92.8 Å². The van der Waals surface area contributed by atoms with Crippen LogP contribution in [0.3, 0.4) is 0 Å². The molecule has 0 amide bonds. The van der Waals surface area contributed by atoms with Crippen molar-refractivity contribution in [2.24, 2.45) is 0 Å². The van der Waals surface area contributed by atoms with Crippen LogP contribution in [0, 0.1) is 0 Å². The Morgan fingerprint density at radius 1 is 1.00 bits per heavy atom. The number of hydrogen-bond donors (Lipinski definition) is 1. The molecule has 3 nitrogen and oxygen atoms in total. The van der Waals surface area contributed by atoms with Gasteiger partial charge in [0, 0.05) is 6.61 Å². The molecule has 0 aromatic heterocycles. The van der Waals surface area contributed by atoms with E-state index in [9.17, 15) is 4.79 Å². The summed E-state index contributed by atoms with van der Waals surface area (Å²) in [6.45, 7) is 2.65. The Morgan fingerprint density at radius 2 is 1.53 bits per heavy atom. The number of unbranched alkanes of at least 4 members (excludes halogenated alkanes) is 7. The van der Waals surface area contributed by atoms with Crippen LogP contribution in [-0.2, 0) is 9.53 Å². The van der Waals surface area contributed by atoms with E-state index in [0.29, 0.717) is 6.61 Å². The third-order valence-electron chi connectivity index (χ3n) is 2.37. The number of hydrogen-bond acceptors (Lipinski definition) is 2. The maximum Gasteiger partial charge on any atom is 0.329 e. The molecular weight excluding hydrogens is 192 g/mol. The van der Waals surface area contributed by atoms with Crippen molar-refractivity contribution in [3.8, 4) is 0 Å². The molecule has 0 aromatic rings. The van der Waals surface area contributed by atoms with Crippen molar-refractivity contribution in [1.82, 2.24) is 0 Å². The van der Waals surface area contributed by atoms with E-state index >= 15 is 0 Å². The second-order valence-corrected chi connectivity index (χ2v) is 3.92. The third kappa shape index (κ3) is 13.4. The van der Waals surface area contributed by atoms with Gasteiger partial charge < -0.3 is 9.84 Å². The molecule has 0 saturated carbocycles. The molecule has 0 fully saturated rings. The average molecular weight is 216 g/mol. The van der Waals surface area contributed by atoms with Gasteiger partial charge in [-0.1, -0.05) is 51.9 Å². The van der Waals surface area contributed by atoms with Crippen molar-refractivity contribution in [2.75, 3.05) is 13.2 Å². The summed E-state index contributed by atoms with van der Waals surface area (Å²) < 4.78 is 4.94. The first kappa shape index (κ1) is 14.4. The molecule has 0 aliphatic rings. The summed E-state index contributed by atoms with van der Waals surface area (Å²) in [5, 5.41) is 8.31. The molecule has 0 bridgehead atoms. The molecule has 0 saturated heterocycles. The first-order valence-electron chi connectivity index (χ1n) is 6.07. The fourth-order valence-corrected chi connectivity index (χ4v) is 1.50. The van der Waals surface area contributed by atoms with Crippen molar-refractivity contribution in [3.63, 3.8) is 0 Å². The monoisotopic (exact) mass is 216 g/mol. The minimum absolute atomic E-state index is 0.156. The van der Waals surface area contributed by atoms with E-state index in [1.165, 1.54) is 38.5 Å². The second kappa shape index (κ2) is 11.5. The summed E-state index contributed by atoms with van der Waals surface area (Å²) in [5.41, 5.74) is 0. The van der Waals surface area contributed by atoms with Gasteiger partial charge in [0.1, 0.15) is 6.61 Å². The standard InChI is InChI=1S/C12H24O3/c1-2-3-4-5-6-7-8-9-10-15-11-12(13)14/h2-11H2,1H3,(H,13,14). The predicted molar refractivity (Wildman–Crippen MR) is 61.1 cm³/mol. The lowest BCUT2D eigenvalue weighted by Crippen LogP contribution is -2.07. The molecule has 0 rings (SSSR count). The van der Waals surface area contributed by atoms with Crippen LogP contribution in [0.5, 0.6) is 0 Å². The summed E-state index contributed by atoms with van der Waals surface area (Å²) in [7, 11) is 0. The number of carboxylic acid groups (broad SMARTS) is 1. The van der Waals surface area contributed by atoms with Gasteiger partial charge in [0.05, 0.1) is 0 Å². The maximum absolute atomic E-state index is 10.1. The van der Waals surface area contributed by atoms with Gasteiger partial charge >= 0.3 is 5.97 Å². The van der Waals surface area contributed by atoms with Crippen LogP contribution in [0.25, 0.3) is 0 Å². The molecule has 0 heterocycles. The fraction of sp³-hybridized carbons (Fsp3) is 0.917. The SMILES string of the molecule is CCCCCCCCCCOCC(=O)O. The van der Waals surface area contributed by atoms with Gasteiger partial charge in [0.15, 0.2) is 0 Å². The normalized spacial score (nSPS) is 10.5. The van der Waals surface area contributed by atoms with E-state index in [2.05, 4.69) is 6.92 Å². The van der Waals surface area contributed by atoms with Gasteiger partial charge in [-0.3, -0.25) is 0 Å². The van der Waals surface area contributed by atoms with Crippen LogP contribution >= 0.6 is 0 Å². The molecule has 0 radical (unpaired) electrons. The van der Waals surface area contributed by atoms with Crippen molar-refractivity contribution in [2.45, 2.75) is 58.3 Å². The fourth-order valence-electron chi connectivity index (χ4n) is 1.50. The Morgan fingerprint density at radius 3 is 2.07 bits per heavy atom. The van der Waals surface area contributed by atoms with Crippen LogP contribution in [-0.4, -0.2) is 24.3 Å². The van der Waals surface area contributed by atoms with Gasteiger partial charge in [-0.05, 0) is 6.42 Å². The Hall–Kier alpha value is -0.570. The Kier molecular flexibility index (Phi) is 11.1. The zero-order chi connectivity index (χ0) is 11.4. The molecule has 0 atom stereocenters. The topological polar surface area (TPSA) is 46.5 Å².